The Kier molecular flexibility index (Phi) is 5.10. The fraction of sp³-hybridized carbons (Fsp3) is 0.182. The van der Waals surface area contributed by atoms with Gasteiger partial charge >= 0.3 is 0 Å². The minimum atomic E-state index is 0.0930. The molecule has 0 unspecified atom stereocenters. The Morgan fingerprint density at radius 2 is 1.93 bits per heavy atom. The molecule has 4 aromatic rings. The van der Waals surface area contributed by atoms with Gasteiger partial charge in [0.1, 0.15) is 11.6 Å². The van der Waals surface area contributed by atoms with Gasteiger partial charge < -0.3 is 8.98 Å². The number of ketones is 1. The third-order valence-electron chi connectivity index (χ3n) is 4.59. The highest BCUT2D eigenvalue weighted by Crippen LogP contribution is 2.20. The monoisotopic (exact) mass is 372 g/mol. The molecule has 0 aliphatic heterocycles. The van der Waals surface area contributed by atoms with Gasteiger partial charge in [-0.2, -0.15) is 0 Å². The number of hydrogen-bond donors (Lipinski definition) is 0. The van der Waals surface area contributed by atoms with Crippen LogP contribution in [0.15, 0.2) is 71.6 Å². The van der Waals surface area contributed by atoms with Crippen molar-refractivity contribution in [2.75, 3.05) is 0 Å². The molecule has 0 bridgehead atoms. The van der Waals surface area contributed by atoms with Crippen LogP contribution >= 0.6 is 0 Å². The number of carbonyl (C=O) groups is 1. The summed E-state index contributed by atoms with van der Waals surface area (Å²) in [6.07, 6.45) is 5.98. The maximum Gasteiger partial charge on any atom is 0.165 e. The van der Waals surface area contributed by atoms with Crippen LogP contribution in [-0.2, 0) is 13.0 Å². The van der Waals surface area contributed by atoms with Gasteiger partial charge in [-0.1, -0.05) is 29.8 Å². The maximum absolute atomic E-state index is 12.5. The van der Waals surface area contributed by atoms with E-state index in [0.29, 0.717) is 25.2 Å². The van der Waals surface area contributed by atoms with Gasteiger partial charge in [0.25, 0.3) is 0 Å². The first-order chi connectivity index (χ1) is 13.7. The van der Waals surface area contributed by atoms with E-state index in [-0.39, 0.29) is 5.78 Å². The van der Waals surface area contributed by atoms with Gasteiger partial charge in [-0.25, -0.2) is 0 Å². The van der Waals surface area contributed by atoms with Gasteiger partial charge in [-0.3, -0.25) is 9.78 Å². The fourth-order valence-corrected chi connectivity index (χ4v) is 3.06. The number of benzene rings is 1. The molecule has 0 saturated heterocycles. The molecule has 0 spiro atoms. The lowest BCUT2D eigenvalue weighted by atomic mass is 10.0. The van der Waals surface area contributed by atoms with Gasteiger partial charge in [-0.15, -0.1) is 10.2 Å². The number of aromatic nitrogens is 4. The lowest BCUT2D eigenvalue weighted by Gasteiger charge is -2.09. The molecule has 0 aliphatic rings. The van der Waals surface area contributed by atoms with Crippen LogP contribution in [0.2, 0.25) is 0 Å². The summed E-state index contributed by atoms with van der Waals surface area (Å²) >= 11 is 0. The molecule has 6 nitrogen and oxygen atoms in total. The third-order valence-corrected chi connectivity index (χ3v) is 4.59. The molecule has 1 aromatic carbocycles. The van der Waals surface area contributed by atoms with E-state index in [2.05, 4.69) is 15.2 Å². The molecule has 4 rings (SSSR count). The zero-order chi connectivity index (χ0) is 19.3. The summed E-state index contributed by atoms with van der Waals surface area (Å²) in [5.74, 6) is 2.35. The van der Waals surface area contributed by atoms with E-state index in [9.17, 15) is 4.79 Å². The normalized spacial score (nSPS) is 10.9. The van der Waals surface area contributed by atoms with E-state index in [1.807, 2.05) is 60.0 Å². The highest BCUT2D eigenvalue weighted by Gasteiger charge is 2.17. The predicted octanol–water partition coefficient (Wildman–Crippen LogP) is 4.11. The summed E-state index contributed by atoms with van der Waals surface area (Å²) in [4.78, 5) is 16.7. The summed E-state index contributed by atoms with van der Waals surface area (Å²) < 4.78 is 7.48. The number of hydrogen-bond acceptors (Lipinski definition) is 5. The van der Waals surface area contributed by atoms with Crippen LogP contribution in [-0.4, -0.2) is 25.5 Å². The van der Waals surface area contributed by atoms with Crippen LogP contribution in [0.4, 0.5) is 0 Å². The van der Waals surface area contributed by atoms with Gasteiger partial charge in [-0.05, 0) is 31.2 Å². The van der Waals surface area contributed by atoms with Crippen molar-refractivity contribution in [1.29, 1.82) is 0 Å². The first-order valence-electron chi connectivity index (χ1n) is 9.15. The zero-order valence-corrected chi connectivity index (χ0v) is 15.6. The molecule has 0 aliphatic carbocycles. The number of rotatable bonds is 7. The molecule has 3 aromatic heterocycles. The van der Waals surface area contributed by atoms with Gasteiger partial charge in [0.05, 0.1) is 12.8 Å². The Morgan fingerprint density at radius 1 is 1.07 bits per heavy atom. The summed E-state index contributed by atoms with van der Waals surface area (Å²) in [5.41, 5.74) is 2.73. The van der Waals surface area contributed by atoms with E-state index in [1.165, 1.54) is 0 Å². The van der Waals surface area contributed by atoms with Crippen LogP contribution in [0.5, 0.6) is 0 Å². The Balaban J connectivity index is 1.58. The minimum Gasteiger partial charge on any atom is -0.467 e. The average Bonchev–Trinajstić information content (AvgIpc) is 3.38. The standard InChI is InChI=1S/C22H20N4O2/c1-16-6-8-17(9-7-16)20(27)10-11-21-24-25-22(18-4-2-12-23-14-18)26(21)15-19-5-3-13-28-19/h2-9,12-14H,10-11,15H2,1H3. The van der Waals surface area contributed by atoms with Gasteiger partial charge in [0, 0.05) is 36.4 Å². The molecule has 140 valence electrons. The van der Waals surface area contributed by atoms with Crippen LogP contribution in [0.25, 0.3) is 11.4 Å². The van der Waals surface area contributed by atoms with Crippen molar-refractivity contribution in [3.63, 3.8) is 0 Å². The Morgan fingerprint density at radius 3 is 2.64 bits per heavy atom. The van der Waals surface area contributed by atoms with Crippen LogP contribution in [0, 0.1) is 6.92 Å². The molecule has 0 saturated carbocycles. The van der Waals surface area contributed by atoms with E-state index in [4.69, 9.17) is 4.42 Å². The summed E-state index contributed by atoms with van der Waals surface area (Å²) in [5, 5.41) is 8.69. The molecule has 0 atom stereocenters. The molecule has 0 radical (unpaired) electrons. The molecule has 3 heterocycles. The number of nitrogens with zero attached hydrogens (tertiary/aromatic N) is 4. The average molecular weight is 372 g/mol. The molecule has 0 fully saturated rings. The molecular weight excluding hydrogens is 352 g/mol. The number of pyridine rings is 1. The van der Waals surface area contributed by atoms with Crippen molar-refractivity contribution in [1.82, 2.24) is 19.7 Å². The Hall–Kier alpha value is -3.54. The van der Waals surface area contributed by atoms with E-state index in [0.717, 1.165) is 28.3 Å². The first kappa shape index (κ1) is 17.9. The first-order valence-corrected chi connectivity index (χ1v) is 9.15. The van der Waals surface area contributed by atoms with Crippen LogP contribution in [0.1, 0.15) is 33.9 Å². The maximum atomic E-state index is 12.5. The topological polar surface area (TPSA) is 73.8 Å². The summed E-state index contributed by atoms with van der Waals surface area (Å²) in [6, 6.07) is 15.2. The highest BCUT2D eigenvalue weighted by molar-refractivity contribution is 5.96. The second kappa shape index (κ2) is 8.00. The lowest BCUT2D eigenvalue weighted by Crippen LogP contribution is -2.09. The SMILES string of the molecule is Cc1ccc(C(=O)CCc2nnc(-c3cccnc3)n2Cc2ccco2)cc1. The van der Waals surface area contributed by atoms with Gasteiger partial charge in [0.15, 0.2) is 11.6 Å². The lowest BCUT2D eigenvalue weighted by molar-refractivity contribution is 0.0982. The molecule has 0 amide bonds. The van der Waals surface area contributed by atoms with Gasteiger partial charge in [0.2, 0.25) is 0 Å². The predicted molar refractivity (Wildman–Crippen MR) is 105 cm³/mol. The fourth-order valence-electron chi connectivity index (χ4n) is 3.06. The van der Waals surface area contributed by atoms with Crippen LogP contribution in [0.3, 0.4) is 0 Å². The largest absolute Gasteiger partial charge is 0.467 e. The third kappa shape index (κ3) is 3.91. The van der Waals surface area contributed by atoms with Crippen molar-refractivity contribution >= 4 is 5.78 Å². The molecule has 6 heteroatoms. The Bertz CT molecular complexity index is 1050. The zero-order valence-electron chi connectivity index (χ0n) is 15.6. The molecule has 0 N–H and O–H groups in total. The summed E-state index contributed by atoms with van der Waals surface area (Å²) in [6.45, 7) is 2.50. The van der Waals surface area contributed by atoms with Crippen LogP contribution < -0.4 is 0 Å². The quantitative estimate of drug-likeness (QED) is 0.457. The molecular formula is C22H20N4O2. The van der Waals surface area contributed by atoms with Crippen molar-refractivity contribution in [2.24, 2.45) is 0 Å². The van der Waals surface area contributed by atoms with Crippen molar-refractivity contribution in [3.8, 4) is 11.4 Å². The Labute approximate surface area is 162 Å². The van der Waals surface area contributed by atoms with Crippen molar-refractivity contribution in [2.45, 2.75) is 26.3 Å². The van der Waals surface area contributed by atoms with E-state index < -0.39 is 0 Å². The van der Waals surface area contributed by atoms with E-state index >= 15 is 0 Å². The van der Waals surface area contributed by atoms with Crippen molar-refractivity contribution in [3.05, 3.63) is 89.9 Å². The number of Topliss-reactive ketones (excluding diaryl/α,β-unsaturated/α-hetero) is 1. The van der Waals surface area contributed by atoms with Crippen molar-refractivity contribution < 1.29 is 9.21 Å². The number of furan rings is 1. The smallest absolute Gasteiger partial charge is 0.165 e. The molecule has 28 heavy (non-hydrogen) atoms. The van der Waals surface area contributed by atoms with E-state index in [1.54, 1.807) is 18.7 Å². The number of carbonyl (C=O) groups excluding carboxylic acids is 1. The minimum absolute atomic E-state index is 0.0930. The summed E-state index contributed by atoms with van der Waals surface area (Å²) in [7, 11) is 0. The number of aryl methyl sites for hydroxylation is 2. The second-order valence-electron chi connectivity index (χ2n) is 6.64. The second-order valence-corrected chi connectivity index (χ2v) is 6.64. The highest BCUT2D eigenvalue weighted by atomic mass is 16.3.